The Morgan fingerprint density at radius 2 is 2.32 bits per heavy atom. The molecule has 0 amide bonds. The zero-order valence-corrected chi connectivity index (χ0v) is 12.4. The second-order valence-corrected chi connectivity index (χ2v) is 5.93. The van der Waals surface area contributed by atoms with Gasteiger partial charge in [-0.25, -0.2) is 4.39 Å². The minimum Gasteiger partial charge on any atom is -0.481 e. The van der Waals surface area contributed by atoms with Crippen LogP contribution in [0.1, 0.15) is 31.4 Å². The van der Waals surface area contributed by atoms with Gasteiger partial charge in [0.05, 0.1) is 5.92 Å². The van der Waals surface area contributed by atoms with Gasteiger partial charge in [-0.1, -0.05) is 22.0 Å². The Kier molecular flexibility index (Phi) is 4.58. The van der Waals surface area contributed by atoms with E-state index in [1.807, 2.05) is 13.0 Å². The van der Waals surface area contributed by atoms with E-state index in [4.69, 9.17) is 5.11 Å². The number of piperidine rings is 1. The SMILES string of the molecule is CC(c1ccc(Br)cc1F)N1CCCC(C(=O)O)C1. The summed E-state index contributed by atoms with van der Waals surface area (Å²) in [5.41, 5.74) is 0.620. The van der Waals surface area contributed by atoms with E-state index in [9.17, 15) is 9.18 Å². The molecule has 19 heavy (non-hydrogen) atoms. The number of carbonyl (C=O) groups is 1. The Morgan fingerprint density at radius 1 is 1.58 bits per heavy atom. The van der Waals surface area contributed by atoms with E-state index in [0.717, 1.165) is 13.0 Å². The summed E-state index contributed by atoms with van der Waals surface area (Å²) in [6.45, 7) is 3.24. The van der Waals surface area contributed by atoms with Crippen LogP contribution in [0.2, 0.25) is 0 Å². The van der Waals surface area contributed by atoms with Gasteiger partial charge in [-0.3, -0.25) is 9.69 Å². The molecule has 0 saturated carbocycles. The molecule has 1 N–H and O–H groups in total. The molecule has 2 rings (SSSR count). The third-order valence-corrected chi connectivity index (χ3v) is 4.26. The van der Waals surface area contributed by atoms with Crippen molar-refractivity contribution in [1.82, 2.24) is 4.90 Å². The molecule has 0 spiro atoms. The van der Waals surface area contributed by atoms with Gasteiger partial charge in [0.2, 0.25) is 0 Å². The maximum Gasteiger partial charge on any atom is 0.307 e. The molecule has 3 nitrogen and oxygen atoms in total. The number of rotatable bonds is 3. The third-order valence-electron chi connectivity index (χ3n) is 3.76. The molecular weight excluding hydrogens is 313 g/mol. The van der Waals surface area contributed by atoms with Crippen molar-refractivity contribution in [3.63, 3.8) is 0 Å². The molecule has 0 aromatic heterocycles. The van der Waals surface area contributed by atoms with Crippen LogP contribution in [0.5, 0.6) is 0 Å². The molecule has 0 aliphatic carbocycles. The number of aliphatic carboxylic acids is 1. The van der Waals surface area contributed by atoms with Gasteiger partial charge in [-0.2, -0.15) is 0 Å². The van der Waals surface area contributed by atoms with E-state index in [1.165, 1.54) is 6.07 Å². The fourth-order valence-corrected chi connectivity index (χ4v) is 2.93. The predicted molar refractivity (Wildman–Crippen MR) is 74.4 cm³/mol. The maximum atomic E-state index is 13.9. The molecule has 1 aliphatic rings. The van der Waals surface area contributed by atoms with Crippen LogP contribution < -0.4 is 0 Å². The number of hydrogen-bond acceptors (Lipinski definition) is 2. The third kappa shape index (κ3) is 3.34. The van der Waals surface area contributed by atoms with Crippen molar-refractivity contribution in [2.24, 2.45) is 5.92 Å². The first-order valence-electron chi connectivity index (χ1n) is 6.41. The van der Waals surface area contributed by atoms with Gasteiger partial charge < -0.3 is 5.11 Å². The fourth-order valence-electron chi connectivity index (χ4n) is 2.60. The van der Waals surface area contributed by atoms with Crippen molar-refractivity contribution in [3.8, 4) is 0 Å². The number of hydrogen-bond donors (Lipinski definition) is 1. The topological polar surface area (TPSA) is 40.5 Å². The Balaban J connectivity index is 2.14. The van der Waals surface area contributed by atoms with Crippen molar-refractivity contribution >= 4 is 21.9 Å². The molecule has 5 heteroatoms. The normalized spacial score (nSPS) is 22.2. The highest BCUT2D eigenvalue weighted by Crippen LogP contribution is 2.29. The number of nitrogens with zero attached hydrogens (tertiary/aromatic N) is 1. The second kappa shape index (κ2) is 6.01. The predicted octanol–water partition coefficient (Wildman–Crippen LogP) is 3.45. The van der Waals surface area contributed by atoms with E-state index in [1.54, 1.807) is 6.07 Å². The standard InChI is InChI=1S/C14H17BrFNO2/c1-9(12-5-4-11(15)7-13(12)16)17-6-2-3-10(8-17)14(18)19/h4-5,7,9-10H,2-3,6,8H2,1H3,(H,18,19). The van der Waals surface area contributed by atoms with Crippen molar-refractivity contribution in [1.29, 1.82) is 0 Å². The van der Waals surface area contributed by atoms with Crippen molar-refractivity contribution < 1.29 is 14.3 Å². The lowest BCUT2D eigenvalue weighted by Gasteiger charge is -2.35. The lowest BCUT2D eigenvalue weighted by Crippen LogP contribution is -2.40. The number of carboxylic acid groups (broad SMARTS) is 1. The van der Waals surface area contributed by atoms with Gasteiger partial charge in [-0.15, -0.1) is 0 Å². The van der Waals surface area contributed by atoms with Crippen molar-refractivity contribution in [3.05, 3.63) is 34.1 Å². The zero-order chi connectivity index (χ0) is 14.0. The van der Waals surface area contributed by atoms with Crippen LogP contribution in [0, 0.1) is 11.7 Å². The number of halogens is 2. The first-order valence-corrected chi connectivity index (χ1v) is 7.20. The van der Waals surface area contributed by atoms with Crippen LogP contribution in [0.4, 0.5) is 4.39 Å². The zero-order valence-electron chi connectivity index (χ0n) is 10.8. The lowest BCUT2D eigenvalue weighted by atomic mass is 9.95. The smallest absolute Gasteiger partial charge is 0.307 e. The molecule has 1 heterocycles. The van der Waals surface area contributed by atoms with E-state index in [2.05, 4.69) is 20.8 Å². The van der Waals surface area contributed by atoms with Crippen LogP contribution in [0.15, 0.2) is 22.7 Å². The van der Waals surface area contributed by atoms with Crippen molar-refractivity contribution in [2.45, 2.75) is 25.8 Å². The van der Waals surface area contributed by atoms with Crippen LogP contribution in [-0.2, 0) is 4.79 Å². The van der Waals surface area contributed by atoms with Crippen LogP contribution >= 0.6 is 15.9 Å². The van der Waals surface area contributed by atoms with Gasteiger partial charge in [0.25, 0.3) is 0 Å². The summed E-state index contributed by atoms with van der Waals surface area (Å²) < 4.78 is 14.6. The summed E-state index contributed by atoms with van der Waals surface area (Å²) in [6.07, 6.45) is 1.56. The van der Waals surface area contributed by atoms with Crippen LogP contribution in [0.25, 0.3) is 0 Å². The number of carboxylic acids is 1. The molecule has 0 radical (unpaired) electrons. The highest BCUT2D eigenvalue weighted by Gasteiger charge is 2.29. The summed E-state index contributed by atoms with van der Waals surface area (Å²) >= 11 is 3.24. The van der Waals surface area contributed by atoms with E-state index < -0.39 is 5.97 Å². The highest BCUT2D eigenvalue weighted by atomic mass is 79.9. The summed E-state index contributed by atoms with van der Waals surface area (Å²) in [4.78, 5) is 13.1. The molecule has 1 saturated heterocycles. The average molecular weight is 330 g/mol. The minimum atomic E-state index is -0.756. The van der Waals surface area contributed by atoms with Gasteiger partial charge in [0, 0.05) is 22.6 Å². The van der Waals surface area contributed by atoms with Crippen LogP contribution in [0.3, 0.4) is 0 Å². The number of likely N-dealkylation sites (tertiary alicyclic amines) is 1. The molecule has 0 bridgehead atoms. The maximum absolute atomic E-state index is 13.9. The van der Waals surface area contributed by atoms with E-state index >= 15 is 0 Å². The molecule has 1 aliphatic heterocycles. The summed E-state index contributed by atoms with van der Waals surface area (Å²) in [7, 11) is 0. The van der Waals surface area contributed by atoms with Gasteiger partial charge in [-0.05, 0) is 38.4 Å². The Morgan fingerprint density at radius 3 is 2.95 bits per heavy atom. The van der Waals surface area contributed by atoms with Gasteiger partial charge in [0.1, 0.15) is 5.82 Å². The monoisotopic (exact) mass is 329 g/mol. The van der Waals surface area contributed by atoms with Gasteiger partial charge in [0.15, 0.2) is 0 Å². The minimum absolute atomic E-state index is 0.102. The second-order valence-electron chi connectivity index (χ2n) is 5.01. The summed E-state index contributed by atoms with van der Waals surface area (Å²) in [5, 5.41) is 9.09. The Labute approximate surface area is 120 Å². The molecule has 1 fully saturated rings. The fraction of sp³-hybridized carbons (Fsp3) is 0.500. The first-order chi connectivity index (χ1) is 8.99. The quantitative estimate of drug-likeness (QED) is 0.923. The molecule has 1 aromatic carbocycles. The molecule has 2 unspecified atom stereocenters. The van der Waals surface area contributed by atoms with Gasteiger partial charge >= 0.3 is 5.97 Å². The highest BCUT2D eigenvalue weighted by molar-refractivity contribution is 9.10. The number of benzene rings is 1. The first kappa shape index (κ1) is 14.5. The van der Waals surface area contributed by atoms with E-state index in [0.29, 0.717) is 23.0 Å². The largest absolute Gasteiger partial charge is 0.481 e. The average Bonchev–Trinajstić information content (AvgIpc) is 2.38. The molecule has 1 aromatic rings. The Bertz CT molecular complexity index is 481. The summed E-state index contributed by atoms with van der Waals surface area (Å²) in [5.74, 6) is -1.35. The van der Waals surface area contributed by atoms with Crippen LogP contribution in [-0.4, -0.2) is 29.1 Å². The lowest BCUT2D eigenvalue weighted by molar-refractivity contribution is -0.143. The van der Waals surface area contributed by atoms with Crippen molar-refractivity contribution in [2.75, 3.05) is 13.1 Å². The molecule has 2 atom stereocenters. The Hall–Kier alpha value is -0.940. The molecule has 104 valence electrons. The molecular formula is C14H17BrFNO2. The van der Waals surface area contributed by atoms with E-state index in [-0.39, 0.29) is 17.8 Å². The summed E-state index contributed by atoms with van der Waals surface area (Å²) in [6, 6.07) is 4.92.